The fraction of sp³-hybridized carbons (Fsp3) is 0.364. The maximum Gasteiger partial charge on any atom is 0.251 e. The number of amides is 1. The molecule has 1 fully saturated rings. The number of rotatable bonds is 2. The van der Waals surface area contributed by atoms with Crippen molar-refractivity contribution in [2.45, 2.75) is 24.9 Å². The molecule has 1 saturated carbocycles. The van der Waals surface area contributed by atoms with E-state index in [1.807, 2.05) is 0 Å². The molecule has 4 N–H and O–H groups in total. The molecule has 0 saturated heterocycles. The summed E-state index contributed by atoms with van der Waals surface area (Å²) in [4.78, 5) is 11.7. The topological polar surface area (TPSA) is 75.3 Å². The summed E-state index contributed by atoms with van der Waals surface area (Å²) in [5, 5.41) is 12.2. The minimum atomic E-state index is -0.182. The molecule has 1 amide bonds. The Balaban J connectivity index is 2.01. The van der Waals surface area contributed by atoms with Gasteiger partial charge in [0, 0.05) is 17.6 Å². The molecule has 1 aliphatic carbocycles. The van der Waals surface area contributed by atoms with E-state index in [-0.39, 0.29) is 28.8 Å². The highest BCUT2D eigenvalue weighted by Crippen LogP contribution is 2.24. The summed E-state index contributed by atoms with van der Waals surface area (Å²) in [5.41, 5.74) is 6.07. The third-order valence-corrected chi connectivity index (χ3v) is 3.02. The van der Waals surface area contributed by atoms with E-state index in [4.69, 9.17) is 17.3 Å². The molecule has 0 aliphatic heterocycles. The van der Waals surface area contributed by atoms with E-state index in [0.29, 0.717) is 5.56 Å². The van der Waals surface area contributed by atoms with E-state index in [1.165, 1.54) is 18.2 Å². The van der Waals surface area contributed by atoms with Crippen LogP contribution in [-0.4, -0.2) is 23.1 Å². The minimum absolute atomic E-state index is 0.0242. The van der Waals surface area contributed by atoms with Gasteiger partial charge in [-0.15, -0.1) is 0 Å². The van der Waals surface area contributed by atoms with E-state index >= 15 is 0 Å². The number of carbonyl (C=O) groups is 1. The lowest BCUT2D eigenvalue weighted by atomic mass is 9.87. The minimum Gasteiger partial charge on any atom is -0.506 e. The first kappa shape index (κ1) is 11.2. The number of benzene rings is 1. The zero-order valence-corrected chi connectivity index (χ0v) is 9.37. The molecule has 4 nitrogen and oxygen atoms in total. The van der Waals surface area contributed by atoms with Gasteiger partial charge in [-0.25, -0.2) is 0 Å². The Morgan fingerprint density at radius 3 is 2.75 bits per heavy atom. The van der Waals surface area contributed by atoms with Crippen molar-refractivity contribution in [1.29, 1.82) is 0 Å². The van der Waals surface area contributed by atoms with Crippen LogP contribution >= 0.6 is 11.6 Å². The van der Waals surface area contributed by atoms with Crippen LogP contribution in [0.5, 0.6) is 5.75 Å². The fourth-order valence-electron chi connectivity index (χ4n) is 1.70. The smallest absolute Gasteiger partial charge is 0.251 e. The van der Waals surface area contributed by atoms with Crippen molar-refractivity contribution in [3.8, 4) is 5.75 Å². The number of carbonyl (C=O) groups excluding carboxylic acids is 1. The highest BCUT2D eigenvalue weighted by atomic mass is 35.5. The highest BCUT2D eigenvalue weighted by Gasteiger charge is 2.27. The molecule has 2 rings (SSSR count). The maximum atomic E-state index is 11.7. The second-order valence-corrected chi connectivity index (χ2v) is 4.48. The summed E-state index contributed by atoms with van der Waals surface area (Å²) in [6.45, 7) is 0. The molecular weight excluding hydrogens is 228 g/mol. The molecule has 0 heterocycles. The van der Waals surface area contributed by atoms with Crippen molar-refractivity contribution < 1.29 is 9.90 Å². The summed E-state index contributed by atoms with van der Waals surface area (Å²) < 4.78 is 0. The molecular formula is C11H13ClN2O2. The second kappa shape index (κ2) is 4.31. The summed E-state index contributed by atoms with van der Waals surface area (Å²) in [6, 6.07) is 4.76. The van der Waals surface area contributed by atoms with Crippen molar-refractivity contribution in [2.75, 3.05) is 0 Å². The Bertz CT molecular complexity index is 416. The Morgan fingerprint density at radius 2 is 2.19 bits per heavy atom. The largest absolute Gasteiger partial charge is 0.506 e. The lowest BCUT2D eigenvalue weighted by Gasteiger charge is -2.32. The first-order chi connectivity index (χ1) is 7.56. The number of nitrogens with one attached hydrogen (secondary N) is 1. The van der Waals surface area contributed by atoms with Gasteiger partial charge in [0.1, 0.15) is 5.75 Å². The zero-order valence-electron chi connectivity index (χ0n) is 8.61. The quantitative estimate of drug-likeness (QED) is 0.729. The van der Waals surface area contributed by atoms with Gasteiger partial charge in [0.25, 0.3) is 5.91 Å². The second-order valence-electron chi connectivity index (χ2n) is 4.07. The van der Waals surface area contributed by atoms with Gasteiger partial charge >= 0.3 is 0 Å². The van der Waals surface area contributed by atoms with Gasteiger partial charge in [0.15, 0.2) is 0 Å². The SMILES string of the molecule is NC1CC(NC(=O)c2ccc(O)c(Cl)c2)C1. The molecule has 1 aromatic rings. The monoisotopic (exact) mass is 240 g/mol. The third kappa shape index (κ3) is 2.28. The summed E-state index contributed by atoms with van der Waals surface area (Å²) >= 11 is 5.72. The average molecular weight is 241 g/mol. The average Bonchev–Trinajstić information content (AvgIpc) is 2.19. The van der Waals surface area contributed by atoms with E-state index in [1.54, 1.807) is 0 Å². The Morgan fingerprint density at radius 1 is 1.50 bits per heavy atom. The number of nitrogens with two attached hydrogens (primary N) is 1. The molecule has 16 heavy (non-hydrogen) atoms. The van der Waals surface area contributed by atoms with Crippen molar-refractivity contribution in [2.24, 2.45) is 5.73 Å². The predicted molar refractivity (Wildman–Crippen MR) is 61.6 cm³/mol. The molecule has 0 spiro atoms. The molecule has 5 heteroatoms. The molecule has 0 bridgehead atoms. The van der Waals surface area contributed by atoms with Gasteiger partial charge in [-0.05, 0) is 31.0 Å². The number of hydrogen-bond acceptors (Lipinski definition) is 3. The van der Waals surface area contributed by atoms with Crippen LogP contribution in [-0.2, 0) is 0 Å². The van der Waals surface area contributed by atoms with Crippen LogP contribution in [0.2, 0.25) is 5.02 Å². The van der Waals surface area contributed by atoms with Crippen LogP contribution in [0.15, 0.2) is 18.2 Å². The van der Waals surface area contributed by atoms with Crippen LogP contribution in [0.4, 0.5) is 0 Å². The number of halogens is 1. The van der Waals surface area contributed by atoms with E-state index in [2.05, 4.69) is 5.32 Å². The van der Waals surface area contributed by atoms with Gasteiger partial charge in [0.2, 0.25) is 0 Å². The lowest BCUT2D eigenvalue weighted by Crippen LogP contribution is -2.50. The molecule has 0 atom stereocenters. The van der Waals surface area contributed by atoms with Crippen molar-refractivity contribution in [3.05, 3.63) is 28.8 Å². The van der Waals surface area contributed by atoms with Crippen LogP contribution in [0.3, 0.4) is 0 Å². The maximum absolute atomic E-state index is 11.7. The number of phenols is 1. The van der Waals surface area contributed by atoms with E-state index in [0.717, 1.165) is 12.8 Å². The Kier molecular flexibility index (Phi) is 3.03. The Hall–Kier alpha value is -1.26. The standard InChI is InChI=1S/C11H13ClN2O2/c12-9-3-6(1-2-10(9)15)11(16)14-8-4-7(13)5-8/h1-3,7-8,15H,4-5,13H2,(H,14,16). The van der Waals surface area contributed by atoms with Crippen molar-refractivity contribution in [1.82, 2.24) is 5.32 Å². The molecule has 0 unspecified atom stereocenters. The van der Waals surface area contributed by atoms with Gasteiger partial charge < -0.3 is 16.2 Å². The molecule has 0 radical (unpaired) electrons. The number of hydrogen-bond donors (Lipinski definition) is 3. The van der Waals surface area contributed by atoms with Gasteiger partial charge in [-0.2, -0.15) is 0 Å². The van der Waals surface area contributed by atoms with Crippen molar-refractivity contribution >= 4 is 17.5 Å². The van der Waals surface area contributed by atoms with Crippen LogP contribution < -0.4 is 11.1 Å². The van der Waals surface area contributed by atoms with Crippen LogP contribution in [0, 0.1) is 0 Å². The summed E-state index contributed by atoms with van der Waals surface area (Å²) in [7, 11) is 0. The predicted octanol–water partition coefficient (Wildman–Crippen LogP) is 1.27. The molecule has 1 aromatic carbocycles. The zero-order chi connectivity index (χ0) is 11.7. The van der Waals surface area contributed by atoms with Crippen LogP contribution in [0.25, 0.3) is 0 Å². The lowest BCUT2D eigenvalue weighted by molar-refractivity contribution is 0.0910. The molecule has 86 valence electrons. The summed E-state index contributed by atoms with van der Waals surface area (Å²) in [5.74, 6) is -0.206. The molecule has 1 aliphatic rings. The first-order valence-electron chi connectivity index (χ1n) is 5.11. The van der Waals surface area contributed by atoms with Gasteiger partial charge in [-0.3, -0.25) is 4.79 Å². The third-order valence-electron chi connectivity index (χ3n) is 2.72. The summed E-state index contributed by atoms with van der Waals surface area (Å²) in [6.07, 6.45) is 1.63. The first-order valence-corrected chi connectivity index (χ1v) is 5.49. The van der Waals surface area contributed by atoms with Gasteiger partial charge in [-0.1, -0.05) is 11.6 Å². The van der Waals surface area contributed by atoms with E-state index in [9.17, 15) is 9.90 Å². The number of aromatic hydroxyl groups is 1. The van der Waals surface area contributed by atoms with E-state index < -0.39 is 0 Å². The number of phenolic OH excluding ortho intramolecular Hbond substituents is 1. The van der Waals surface area contributed by atoms with Crippen LogP contribution in [0.1, 0.15) is 23.2 Å². The van der Waals surface area contributed by atoms with Crippen molar-refractivity contribution in [3.63, 3.8) is 0 Å². The Labute approximate surface area is 98.4 Å². The van der Waals surface area contributed by atoms with Gasteiger partial charge in [0.05, 0.1) is 5.02 Å². The fourth-order valence-corrected chi connectivity index (χ4v) is 1.88. The highest BCUT2D eigenvalue weighted by molar-refractivity contribution is 6.32. The normalized spacial score (nSPS) is 23.6. The molecule has 0 aromatic heterocycles.